The van der Waals surface area contributed by atoms with Crippen molar-refractivity contribution in [1.82, 2.24) is 10.2 Å². The number of non-ortho nitro benzene ring substituents is 1. The van der Waals surface area contributed by atoms with E-state index in [0.717, 1.165) is 19.3 Å². The zero-order valence-electron chi connectivity index (χ0n) is 15.4. The van der Waals surface area contributed by atoms with Gasteiger partial charge in [-0.25, -0.2) is 4.79 Å². The summed E-state index contributed by atoms with van der Waals surface area (Å²) in [6.45, 7) is -0.408. The molecule has 0 saturated carbocycles. The summed E-state index contributed by atoms with van der Waals surface area (Å²) in [6.07, 6.45) is 3.27. The number of esters is 1. The van der Waals surface area contributed by atoms with E-state index < -0.39 is 10.9 Å². The molecule has 148 valence electrons. The van der Waals surface area contributed by atoms with Crippen molar-refractivity contribution in [3.05, 3.63) is 69.6 Å². The highest BCUT2D eigenvalue weighted by atomic mass is 16.6. The molecule has 0 unspecified atom stereocenters. The summed E-state index contributed by atoms with van der Waals surface area (Å²) in [6, 6.07) is 11.5. The maximum absolute atomic E-state index is 11.9. The topological polar surface area (TPSA) is 118 Å². The molecule has 0 atom stereocenters. The molecule has 3 aromatic rings. The summed E-state index contributed by atoms with van der Waals surface area (Å²) in [4.78, 5) is 22.1. The predicted octanol–water partition coefficient (Wildman–Crippen LogP) is 3.26. The minimum absolute atomic E-state index is 0.0363. The van der Waals surface area contributed by atoms with E-state index in [1.807, 2.05) is 18.2 Å². The molecule has 0 saturated heterocycles. The molecule has 0 fully saturated rings. The fourth-order valence-corrected chi connectivity index (χ4v) is 3.12. The van der Waals surface area contributed by atoms with Crippen molar-refractivity contribution in [3.63, 3.8) is 0 Å². The van der Waals surface area contributed by atoms with Crippen molar-refractivity contribution in [1.29, 1.82) is 0 Å². The quantitative estimate of drug-likeness (QED) is 0.340. The molecule has 0 bridgehead atoms. The van der Waals surface area contributed by atoms with Gasteiger partial charge in [-0.05, 0) is 54.7 Å². The van der Waals surface area contributed by atoms with E-state index in [4.69, 9.17) is 13.9 Å². The van der Waals surface area contributed by atoms with Crippen LogP contribution in [0.1, 0.15) is 23.4 Å². The van der Waals surface area contributed by atoms with Crippen molar-refractivity contribution in [2.75, 3.05) is 6.61 Å². The van der Waals surface area contributed by atoms with Gasteiger partial charge in [0, 0.05) is 17.7 Å². The van der Waals surface area contributed by atoms with Gasteiger partial charge in [0.05, 0.1) is 4.92 Å². The average molecular weight is 395 g/mol. The van der Waals surface area contributed by atoms with Gasteiger partial charge < -0.3 is 13.9 Å². The van der Waals surface area contributed by atoms with Crippen LogP contribution < -0.4 is 4.74 Å². The second-order valence-corrected chi connectivity index (χ2v) is 6.54. The number of ether oxygens (including phenoxy) is 2. The molecule has 0 radical (unpaired) electrons. The summed E-state index contributed by atoms with van der Waals surface area (Å²) in [5, 5.41) is 18.4. The van der Waals surface area contributed by atoms with Crippen molar-refractivity contribution < 1.29 is 23.6 Å². The maximum Gasteiger partial charge on any atom is 0.344 e. The third kappa shape index (κ3) is 4.40. The Morgan fingerprint density at radius 2 is 1.90 bits per heavy atom. The van der Waals surface area contributed by atoms with E-state index in [1.165, 1.54) is 35.4 Å². The van der Waals surface area contributed by atoms with Crippen molar-refractivity contribution in [2.24, 2.45) is 0 Å². The van der Waals surface area contributed by atoms with E-state index in [0.29, 0.717) is 11.3 Å². The first-order chi connectivity index (χ1) is 14.1. The lowest BCUT2D eigenvalue weighted by atomic mass is 10.1. The minimum Gasteiger partial charge on any atom is -0.482 e. The third-order valence-corrected chi connectivity index (χ3v) is 4.58. The summed E-state index contributed by atoms with van der Waals surface area (Å²) in [5.41, 5.74) is 3.09. The van der Waals surface area contributed by atoms with E-state index in [1.54, 1.807) is 0 Å². The third-order valence-electron chi connectivity index (χ3n) is 4.58. The predicted molar refractivity (Wildman–Crippen MR) is 100 cm³/mol. The fourth-order valence-electron chi connectivity index (χ4n) is 3.12. The fraction of sp³-hybridized carbons (Fsp3) is 0.250. The second kappa shape index (κ2) is 8.09. The van der Waals surface area contributed by atoms with Crippen LogP contribution in [-0.2, 0) is 29.0 Å². The Morgan fingerprint density at radius 3 is 2.69 bits per heavy atom. The number of carbonyl (C=O) groups excluding carboxylic acids is 1. The summed E-state index contributed by atoms with van der Waals surface area (Å²) in [7, 11) is 0. The van der Waals surface area contributed by atoms with Crippen LogP contribution in [0.4, 0.5) is 5.69 Å². The SMILES string of the molecule is O=C(COc1ccc2c(c1)CCC2)OCc1nnc(-c2ccc([N+](=O)[O-])cc2)o1. The number of nitrogens with zero attached hydrogens (tertiary/aromatic N) is 3. The molecule has 29 heavy (non-hydrogen) atoms. The lowest BCUT2D eigenvalue weighted by molar-refractivity contribution is -0.384. The summed E-state index contributed by atoms with van der Waals surface area (Å²) >= 11 is 0. The Balaban J connectivity index is 1.28. The molecule has 1 heterocycles. The van der Waals surface area contributed by atoms with Crippen LogP contribution in [0, 0.1) is 10.1 Å². The molecule has 1 aromatic heterocycles. The van der Waals surface area contributed by atoms with Crippen molar-refractivity contribution >= 4 is 11.7 Å². The summed E-state index contributed by atoms with van der Waals surface area (Å²) in [5.74, 6) is 0.381. The molecule has 0 aliphatic heterocycles. The van der Waals surface area contributed by atoms with Crippen LogP contribution in [0.2, 0.25) is 0 Å². The normalized spacial score (nSPS) is 12.4. The molecular formula is C20H17N3O6. The number of rotatable bonds is 7. The Kier molecular flexibility index (Phi) is 5.19. The Labute approximate surface area is 165 Å². The number of carbonyl (C=O) groups is 1. The zero-order chi connectivity index (χ0) is 20.2. The van der Waals surface area contributed by atoms with Gasteiger partial charge in [-0.1, -0.05) is 6.07 Å². The van der Waals surface area contributed by atoms with Crippen LogP contribution >= 0.6 is 0 Å². The highest BCUT2D eigenvalue weighted by Crippen LogP contribution is 2.26. The summed E-state index contributed by atoms with van der Waals surface area (Å²) < 4.78 is 16.0. The highest BCUT2D eigenvalue weighted by Gasteiger charge is 2.14. The number of hydrogen-bond donors (Lipinski definition) is 0. The maximum atomic E-state index is 11.9. The van der Waals surface area contributed by atoms with Gasteiger partial charge in [0.15, 0.2) is 13.2 Å². The molecule has 0 spiro atoms. The van der Waals surface area contributed by atoms with Crippen LogP contribution in [0.25, 0.3) is 11.5 Å². The largest absolute Gasteiger partial charge is 0.482 e. The Hall–Kier alpha value is -3.75. The average Bonchev–Trinajstić information content (AvgIpc) is 3.39. The molecule has 9 nitrogen and oxygen atoms in total. The van der Waals surface area contributed by atoms with Crippen LogP contribution in [0.15, 0.2) is 46.9 Å². The molecule has 1 aliphatic carbocycles. The first kappa shape index (κ1) is 18.6. The zero-order valence-corrected chi connectivity index (χ0v) is 15.4. The molecular weight excluding hydrogens is 378 g/mol. The molecule has 2 aromatic carbocycles. The van der Waals surface area contributed by atoms with Gasteiger partial charge in [0.1, 0.15) is 5.75 Å². The number of aromatic nitrogens is 2. The van der Waals surface area contributed by atoms with Gasteiger partial charge in [-0.3, -0.25) is 10.1 Å². The first-order valence-electron chi connectivity index (χ1n) is 9.06. The van der Waals surface area contributed by atoms with Gasteiger partial charge >= 0.3 is 5.97 Å². The van der Waals surface area contributed by atoms with E-state index in [9.17, 15) is 14.9 Å². The molecule has 0 N–H and O–H groups in total. The number of hydrogen-bond acceptors (Lipinski definition) is 8. The van der Waals surface area contributed by atoms with E-state index >= 15 is 0 Å². The minimum atomic E-state index is -0.555. The number of benzene rings is 2. The first-order valence-corrected chi connectivity index (χ1v) is 9.06. The Morgan fingerprint density at radius 1 is 1.10 bits per heavy atom. The molecule has 0 amide bonds. The molecule has 9 heteroatoms. The van der Waals surface area contributed by atoms with Crippen molar-refractivity contribution in [2.45, 2.75) is 25.9 Å². The highest BCUT2D eigenvalue weighted by molar-refractivity contribution is 5.71. The van der Waals surface area contributed by atoms with E-state index in [2.05, 4.69) is 10.2 Å². The second-order valence-electron chi connectivity index (χ2n) is 6.54. The standard InChI is InChI=1S/C20H17N3O6/c24-19(12-27-17-9-6-13-2-1-3-15(13)10-17)28-11-18-21-22-20(29-18)14-4-7-16(8-5-14)23(25)26/h4-10H,1-3,11-12H2. The van der Waals surface area contributed by atoms with Crippen LogP contribution in [0.3, 0.4) is 0 Å². The molecule has 4 rings (SSSR count). The Bertz CT molecular complexity index is 1040. The van der Waals surface area contributed by atoms with Crippen molar-refractivity contribution in [3.8, 4) is 17.2 Å². The van der Waals surface area contributed by atoms with Gasteiger partial charge in [0.25, 0.3) is 11.6 Å². The van der Waals surface area contributed by atoms with E-state index in [-0.39, 0.29) is 30.7 Å². The van der Waals surface area contributed by atoms with Gasteiger partial charge in [0.2, 0.25) is 5.89 Å². The smallest absolute Gasteiger partial charge is 0.344 e. The van der Waals surface area contributed by atoms with Crippen LogP contribution in [0.5, 0.6) is 5.75 Å². The van der Waals surface area contributed by atoms with Gasteiger partial charge in [-0.2, -0.15) is 0 Å². The number of aryl methyl sites for hydroxylation is 2. The number of nitro groups is 1. The van der Waals surface area contributed by atoms with Crippen LogP contribution in [-0.4, -0.2) is 27.7 Å². The number of fused-ring (bicyclic) bond motifs is 1. The molecule has 1 aliphatic rings. The number of nitro benzene ring substituents is 1. The monoisotopic (exact) mass is 395 g/mol. The lowest BCUT2D eigenvalue weighted by Gasteiger charge is -2.07. The lowest BCUT2D eigenvalue weighted by Crippen LogP contribution is -2.15. The van der Waals surface area contributed by atoms with Gasteiger partial charge in [-0.15, -0.1) is 10.2 Å².